The van der Waals surface area contributed by atoms with Crippen LogP contribution in [0.15, 0.2) is 25.3 Å². The first-order chi connectivity index (χ1) is 5.63. The van der Waals surface area contributed by atoms with Gasteiger partial charge in [0.2, 0.25) is 5.91 Å². The van der Waals surface area contributed by atoms with Gasteiger partial charge in [0.1, 0.15) is 5.38 Å². The highest BCUT2D eigenvalue weighted by Crippen LogP contribution is 2.01. The predicted molar refractivity (Wildman–Crippen MR) is 52.3 cm³/mol. The molecule has 0 fully saturated rings. The molecule has 0 heterocycles. The van der Waals surface area contributed by atoms with Crippen LogP contribution >= 0.6 is 11.6 Å². The molecule has 0 aliphatic rings. The van der Waals surface area contributed by atoms with Gasteiger partial charge in [0.15, 0.2) is 0 Å². The molecule has 2 nitrogen and oxygen atoms in total. The van der Waals surface area contributed by atoms with Crippen LogP contribution in [-0.2, 0) is 4.79 Å². The molecule has 0 aliphatic heterocycles. The van der Waals surface area contributed by atoms with E-state index in [0.717, 1.165) is 0 Å². The lowest BCUT2D eigenvalue weighted by Gasteiger charge is -2.20. The highest BCUT2D eigenvalue weighted by molar-refractivity contribution is 6.30. The largest absolute Gasteiger partial charge is 0.334 e. The van der Waals surface area contributed by atoms with Gasteiger partial charge in [0, 0.05) is 13.1 Å². The van der Waals surface area contributed by atoms with Gasteiger partial charge >= 0.3 is 0 Å². The van der Waals surface area contributed by atoms with Crippen LogP contribution in [0.25, 0.3) is 0 Å². The van der Waals surface area contributed by atoms with E-state index in [9.17, 15) is 4.79 Å². The van der Waals surface area contributed by atoms with E-state index in [1.807, 2.05) is 0 Å². The Morgan fingerprint density at radius 3 is 2.17 bits per heavy atom. The SMILES string of the molecule is C=CCN(CC=C)C(=O)C(C)Cl. The standard InChI is InChI=1S/C9H14ClNO/c1-4-6-11(7-5-2)9(12)8(3)10/h4-5,8H,1-2,6-7H2,3H3. The monoisotopic (exact) mass is 187 g/mol. The van der Waals surface area contributed by atoms with Crippen LogP contribution in [0.1, 0.15) is 6.92 Å². The molecule has 68 valence electrons. The zero-order chi connectivity index (χ0) is 9.56. The second kappa shape index (κ2) is 5.84. The number of hydrogen-bond donors (Lipinski definition) is 0. The second-order valence-electron chi connectivity index (χ2n) is 2.44. The molecular formula is C9H14ClNO. The number of hydrogen-bond acceptors (Lipinski definition) is 1. The van der Waals surface area contributed by atoms with Gasteiger partial charge in [-0.15, -0.1) is 24.8 Å². The van der Waals surface area contributed by atoms with Gasteiger partial charge in [-0.05, 0) is 6.92 Å². The number of carbonyl (C=O) groups is 1. The first-order valence-electron chi connectivity index (χ1n) is 3.78. The topological polar surface area (TPSA) is 20.3 Å². The Hall–Kier alpha value is -0.760. The number of rotatable bonds is 5. The molecule has 0 saturated heterocycles. The van der Waals surface area contributed by atoms with Crippen molar-refractivity contribution in [3.63, 3.8) is 0 Å². The Bertz CT molecular complexity index is 167. The van der Waals surface area contributed by atoms with Gasteiger partial charge in [-0.25, -0.2) is 0 Å². The summed E-state index contributed by atoms with van der Waals surface area (Å²) in [5.41, 5.74) is 0. The first kappa shape index (κ1) is 11.2. The molecule has 1 atom stereocenters. The minimum absolute atomic E-state index is 0.0866. The Kier molecular flexibility index (Phi) is 5.47. The van der Waals surface area contributed by atoms with Crippen molar-refractivity contribution in [2.75, 3.05) is 13.1 Å². The van der Waals surface area contributed by atoms with Crippen LogP contribution in [0.5, 0.6) is 0 Å². The van der Waals surface area contributed by atoms with Crippen LogP contribution in [0.2, 0.25) is 0 Å². The molecule has 0 aromatic carbocycles. The summed E-state index contributed by atoms with van der Waals surface area (Å²) in [6, 6.07) is 0. The van der Waals surface area contributed by atoms with Crippen LogP contribution in [0, 0.1) is 0 Å². The molecule has 12 heavy (non-hydrogen) atoms. The molecule has 0 N–H and O–H groups in total. The van der Waals surface area contributed by atoms with Crippen molar-refractivity contribution < 1.29 is 4.79 Å². The lowest BCUT2D eigenvalue weighted by Crippen LogP contribution is -2.35. The normalized spacial score (nSPS) is 11.8. The van der Waals surface area contributed by atoms with Crippen LogP contribution in [-0.4, -0.2) is 29.3 Å². The van der Waals surface area contributed by atoms with Gasteiger partial charge in [-0.3, -0.25) is 4.79 Å². The third-order valence-electron chi connectivity index (χ3n) is 1.35. The molecule has 0 radical (unpaired) electrons. The summed E-state index contributed by atoms with van der Waals surface area (Å²) < 4.78 is 0. The van der Waals surface area contributed by atoms with E-state index in [4.69, 9.17) is 11.6 Å². The lowest BCUT2D eigenvalue weighted by atomic mass is 10.3. The summed E-state index contributed by atoms with van der Waals surface area (Å²) in [5.74, 6) is -0.0866. The van der Waals surface area contributed by atoms with Crippen molar-refractivity contribution in [3.05, 3.63) is 25.3 Å². The number of amides is 1. The van der Waals surface area contributed by atoms with Crippen molar-refractivity contribution in [2.45, 2.75) is 12.3 Å². The smallest absolute Gasteiger partial charge is 0.240 e. The summed E-state index contributed by atoms with van der Waals surface area (Å²) >= 11 is 5.63. The summed E-state index contributed by atoms with van der Waals surface area (Å²) in [4.78, 5) is 12.9. The fourth-order valence-electron chi connectivity index (χ4n) is 0.818. The molecule has 0 rings (SSSR count). The number of alkyl halides is 1. The molecule has 0 spiro atoms. The molecular weight excluding hydrogens is 174 g/mol. The first-order valence-corrected chi connectivity index (χ1v) is 4.21. The van der Waals surface area contributed by atoms with Crippen molar-refractivity contribution in [3.8, 4) is 0 Å². The van der Waals surface area contributed by atoms with Crippen molar-refractivity contribution in [2.24, 2.45) is 0 Å². The van der Waals surface area contributed by atoms with Gasteiger partial charge in [-0.2, -0.15) is 0 Å². The average molecular weight is 188 g/mol. The molecule has 0 saturated carbocycles. The van der Waals surface area contributed by atoms with Crippen LogP contribution in [0.3, 0.4) is 0 Å². The van der Waals surface area contributed by atoms with Crippen LogP contribution < -0.4 is 0 Å². The second-order valence-corrected chi connectivity index (χ2v) is 3.09. The van der Waals surface area contributed by atoms with Gasteiger partial charge in [-0.1, -0.05) is 12.2 Å². The highest BCUT2D eigenvalue weighted by atomic mass is 35.5. The summed E-state index contributed by atoms with van der Waals surface area (Å²) in [6.07, 6.45) is 3.33. The van der Waals surface area contributed by atoms with E-state index in [2.05, 4.69) is 13.2 Å². The molecule has 0 bridgehead atoms. The fourth-order valence-corrected chi connectivity index (χ4v) is 0.956. The van der Waals surface area contributed by atoms with Crippen molar-refractivity contribution in [1.29, 1.82) is 0 Å². The van der Waals surface area contributed by atoms with Gasteiger partial charge < -0.3 is 4.90 Å². The van der Waals surface area contributed by atoms with E-state index in [0.29, 0.717) is 13.1 Å². The molecule has 0 aromatic heterocycles. The van der Waals surface area contributed by atoms with E-state index in [1.165, 1.54) is 0 Å². The highest BCUT2D eigenvalue weighted by Gasteiger charge is 2.15. The molecule has 3 heteroatoms. The summed E-state index contributed by atoms with van der Waals surface area (Å²) in [5, 5.41) is -0.482. The maximum absolute atomic E-state index is 11.3. The molecule has 0 aliphatic carbocycles. The minimum atomic E-state index is -0.482. The maximum atomic E-state index is 11.3. The lowest BCUT2D eigenvalue weighted by molar-refractivity contribution is -0.129. The van der Waals surface area contributed by atoms with Gasteiger partial charge in [0.05, 0.1) is 0 Å². The Morgan fingerprint density at radius 1 is 1.50 bits per heavy atom. The zero-order valence-corrected chi connectivity index (χ0v) is 8.05. The number of halogens is 1. The molecule has 1 amide bonds. The summed E-state index contributed by atoms with van der Waals surface area (Å²) in [7, 11) is 0. The predicted octanol–water partition coefficient (Wildman–Crippen LogP) is 1.81. The average Bonchev–Trinajstić information content (AvgIpc) is 2.03. The van der Waals surface area contributed by atoms with Crippen molar-refractivity contribution >= 4 is 17.5 Å². The fraction of sp³-hybridized carbons (Fsp3) is 0.444. The van der Waals surface area contributed by atoms with Crippen molar-refractivity contribution in [1.82, 2.24) is 4.90 Å². The number of carbonyl (C=O) groups excluding carboxylic acids is 1. The Balaban J connectivity index is 4.17. The molecule has 1 unspecified atom stereocenters. The van der Waals surface area contributed by atoms with Crippen LogP contribution in [0.4, 0.5) is 0 Å². The quantitative estimate of drug-likeness (QED) is 0.475. The zero-order valence-electron chi connectivity index (χ0n) is 7.29. The van der Waals surface area contributed by atoms with E-state index in [1.54, 1.807) is 24.0 Å². The Morgan fingerprint density at radius 2 is 1.92 bits per heavy atom. The number of nitrogens with zero attached hydrogens (tertiary/aromatic N) is 1. The maximum Gasteiger partial charge on any atom is 0.240 e. The minimum Gasteiger partial charge on any atom is -0.334 e. The van der Waals surface area contributed by atoms with E-state index < -0.39 is 5.38 Å². The Labute approximate surface area is 78.5 Å². The van der Waals surface area contributed by atoms with Gasteiger partial charge in [0.25, 0.3) is 0 Å². The third kappa shape index (κ3) is 3.58. The molecule has 0 aromatic rings. The van der Waals surface area contributed by atoms with E-state index in [-0.39, 0.29) is 5.91 Å². The summed E-state index contributed by atoms with van der Waals surface area (Å²) in [6.45, 7) is 9.79. The third-order valence-corrected chi connectivity index (χ3v) is 1.54. The van der Waals surface area contributed by atoms with E-state index >= 15 is 0 Å².